The summed E-state index contributed by atoms with van der Waals surface area (Å²) in [4.78, 5) is 17.0. The highest BCUT2D eigenvalue weighted by Gasteiger charge is 2.32. The third kappa shape index (κ3) is 3.04. The van der Waals surface area contributed by atoms with Gasteiger partial charge in [-0.05, 0) is 38.6 Å². The van der Waals surface area contributed by atoms with Crippen LogP contribution in [0.5, 0.6) is 0 Å². The average Bonchev–Trinajstić information content (AvgIpc) is 3.23. The number of rotatable bonds is 3. The molecule has 3 fully saturated rings. The van der Waals surface area contributed by atoms with Crippen molar-refractivity contribution in [2.24, 2.45) is 5.92 Å². The molecule has 3 heterocycles. The van der Waals surface area contributed by atoms with E-state index in [1.165, 1.54) is 19.3 Å². The molecule has 1 amide bonds. The average molecular weight is 252 g/mol. The Morgan fingerprint density at radius 1 is 1.11 bits per heavy atom. The van der Waals surface area contributed by atoms with Crippen molar-refractivity contribution < 1.29 is 9.53 Å². The van der Waals surface area contributed by atoms with Crippen LogP contribution in [-0.2, 0) is 9.53 Å². The third-order valence-corrected chi connectivity index (χ3v) is 4.39. The molecule has 2 atom stereocenters. The maximum absolute atomic E-state index is 12.5. The van der Waals surface area contributed by atoms with Crippen LogP contribution in [0.1, 0.15) is 32.1 Å². The first kappa shape index (κ1) is 12.4. The van der Waals surface area contributed by atoms with Gasteiger partial charge in [0.05, 0.1) is 18.6 Å². The lowest BCUT2D eigenvalue weighted by molar-refractivity contribution is -0.138. The van der Waals surface area contributed by atoms with Gasteiger partial charge >= 0.3 is 0 Å². The van der Waals surface area contributed by atoms with E-state index in [2.05, 4.69) is 9.80 Å². The number of carbonyl (C=O) groups excluding carboxylic acids is 1. The number of likely N-dealkylation sites (tertiary alicyclic amines) is 2. The van der Waals surface area contributed by atoms with Gasteiger partial charge in [-0.2, -0.15) is 0 Å². The Labute approximate surface area is 109 Å². The zero-order valence-corrected chi connectivity index (χ0v) is 11.1. The van der Waals surface area contributed by atoms with E-state index in [9.17, 15) is 4.79 Å². The van der Waals surface area contributed by atoms with Crippen molar-refractivity contribution in [3.63, 3.8) is 0 Å². The third-order valence-electron chi connectivity index (χ3n) is 4.39. The minimum absolute atomic E-state index is 0.246. The van der Waals surface area contributed by atoms with E-state index >= 15 is 0 Å². The summed E-state index contributed by atoms with van der Waals surface area (Å²) in [6, 6.07) is 0. The number of hydrogen-bond donors (Lipinski definition) is 0. The summed E-state index contributed by atoms with van der Waals surface area (Å²) in [7, 11) is 0. The molecule has 4 nitrogen and oxygen atoms in total. The Balaban J connectivity index is 1.51. The molecular weight excluding hydrogens is 228 g/mol. The van der Waals surface area contributed by atoms with Gasteiger partial charge in [0.2, 0.25) is 5.91 Å². The standard InChI is InChI=1S/C14H24N2O2/c17-14(16-7-2-1-3-8-16)12-5-4-6-15(9-12)10-13-11-18-13/h12-13H,1-11H2/t12-,13-/m1/s1. The Hall–Kier alpha value is -0.610. The maximum atomic E-state index is 12.5. The van der Waals surface area contributed by atoms with Crippen LogP contribution in [0.2, 0.25) is 0 Å². The molecule has 0 unspecified atom stereocenters. The van der Waals surface area contributed by atoms with Crippen molar-refractivity contribution in [2.45, 2.75) is 38.2 Å². The molecule has 3 aliphatic rings. The minimum atomic E-state index is 0.246. The van der Waals surface area contributed by atoms with E-state index in [4.69, 9.17) is 4.74 Å². The summed E-state index contributed by atoms with van der Waals surface area (Å²) >= 11 is 0. The van der Waals surface area contributed by atoms with Gasteiger partial charge in [-0.15, -0.1) is 0 Å². The van der Waals surface area contributed by atoms with Crippen molar-refractivity contribution >= 4 is 5.91 Å². The molecule has 4 heteroatoms. The number of amides is 1. The zero-order valence-electron chi connectivity index (χ0n) is 11.1. The Morgan fingerprint density at radius 2 is 1.89 bits per heavy atom. The van der Waals surface area contributed by atoms with Crippen molar-refractivity contribution in [3.8, 4) is 0 Å². The van der Waals surface area contributed by atoms with Crippen molar-refractivity contribution in [2.75, 3.05) is 39.3 Å². The molecule has 3 saturated heterocycles. The van der Waals surface area contributed by atoms with Crippen LogP contribution in [0.25, 0.3) is 0 Å². The molecule has 0 bridgehead atoms. The van der Waals surface area contributed by atoms with Crippen LogP contribution in [0, 0.1) is 5.92 Å². The van der Waals surface area contributed by atoms with Gasteiger partial charge < -0.3 is 9.64 Å². The monoisotopic (exact) mass is 252 g/mol. The first-order valence-corrected chi connectivity index (χ1v) is 7.45. The largest absolute Gasteiger partial charge is 0.372 e. The fourth-order valence-electron chi connectivity index (χ4n) is 3.26. The minimum Gasteiger partial charge on any atom is -0.372 e. The van der Waals surface area contributed by atoms with Crippen molar-refractivity contribution in [1.82, 2.24) is 9.80 Å². The second-order valence-corrected chi connectivity index (χ2v) is 5.94. The summed E-state index contributed by atoms with van der Waals surface area (Å²) in [5.74, 6) is 0.659. The van der Waals surface area contributed by atoms with Gasteiger partial charge in [0.25, 0.3) is 0 Å². The molecule has 18 heavy (non-hydrogen) atoms. The molecule has 0 aromatic heterocycles. The van der Waals surface area contributed by atoms with E-state index in [0.717, 1.165) is 52.2 Å². The summed E-state index contributed by atoms with van der Waals surface area (Å²) in [5.41, 5.74) is 0. The molecule has 0 aliphatic carbocycles. The van der Waals surface area contributed by atoms with Gasteiger partial charge in [-0.1, -0.05) is 0 Å². The van der Waals surface area contributed by atoms with E-state index in [0.29, 0.717) is 12.0 Å². The number of nitrogens with zero attached hydrogens (tertiary/aromatic N) is 2. The van der Waals surface area contributed by atoms with Crippen LogP contribution in [-0.4, -0.2) is 61.1 Å². The van der Waals surface area contributed by atoms with E-state index in [1.807, 2.05) is 0 Å². The summed E-state index contributed by atoms with van der Waals surface area (Å²) in [5, 5.41) is 0. The summed E-state index contributed by atoms with van der Waals surface area (Å²) < 4.78 is 5.29. The Kier molecular flexibility index (Phi) is 3.85. The maximum Gasteiger partial charge on any atom is 0.226 e. The molecule has 3 aliphatic heterocycles. The summed E-state index contributed by atoms with van der Waals surface area (Å²) in [6.45, 7) is 6.02. The predicted octanol–water partition coefficient (Wildman–Crippen LogP) is 1.11. The normalized spacial score (nSPS) is 33.4. The van der Waals surface area contributed by atoms with E-state index in [1.54, 1.807) is 0 Å². The first-order chi connectivity index (χ1) is 8.83. The highest BCUT2D eigenvalue weighted by Crippen LogP contribution is 2.22. The lowest BCUT2D eigenvalue weighted by Gasteiger charge is -2.36. The molecule has 0 N–H and O–H groups in total. The van der Waals surface area contributed by atoms with Gasteiger partial charge in [0.1, 0.15) is 0 Å². The number of ether oxygens (including phenoxy) is 1. The number of epoxide rings is 1. The molecule has 0 aromatic carbocycles. The molecule has 0 spiro atoms. The highest BCUT2D eigenvalue weighted by atomic mass is 16.6. The molecular formula is C14H24N2O2. The molecule has 3 rings (SSSR count). The zero-order chi connectivity index (χ0) is 12.4. The smallest absolute Gasteiger partial charge is 0.226 e. The predicted molar refractivity (Wildman–Crippen MR) is 69.3 cm³/mol. The Bertz CT molecular complexity index is 298. The van der Waals surface area contributed by atoms with Crippen LogP contribution in [0.3, 0.4) is 0 Å². The molecule has 0 aromatic rings. The topological polar surface area (TPSA) is 36.1 Å². The SMILES string of the molecule is O=C([C@@H]1CCCN(C[C@@H]2CO2)C1)N1CCCCC1. The van der Waals surface area contributed by atoms with Gasteiger partial charge in [0.15, 0.2) is 0 Å². The number of piperidine rings is 2. The van der Waals surface area contributed by atoms with Gasteiger partial charge in [-0.3, -0.25) is 9.69 Å². The lowest BCUT2D eigenvalue weighted by atomic mass is 9.95. The fourth-order valence-corrected chi connectivity index (χ4v) is 3.26. The highest BCUT2D eigenvalue weighted by molar-refractivity contribution is 5.79. The second kappa shape index (κ2) is 5.57. The van der Waals surface area contributed by atoms with Crippen molar-refractivity contribution in [1.29, 1.82) is 0 Å². The first-order valence-electron chi connectivity index (χ1n) is 7.45. The van der Waals surface area contributed by atoms with Crippen molar-refractivity contribution in [3.05, 3.63) is 0 Å². The van der Waals surface area contributed by atoms with Crippen LogP contribution in [0.15, 0.2) is 0 Å². The Morgan fingerprint density at radius 3 is 2.61 bits per heavy atom. The fraction of sp³-hybridized carbons (Fsp3) is 0.929. The van der Waals surface area contributed by atoms with Gasteiger partial charge in [0, 0.05) is 26.2 Å². The molecule has 0 saturated carbocycles. The van der Waals surface area contributed by atoms with E-state index in [-0.39, 0.29) is 5.92 Å². The molecule has 0 radical (unpaired) electrons. The van der Waals surface area contributed by atoms with Gasteiger partial charge in [-0.25, -0.2) is 0 Å². The number of hydrogen-bond acceptors (Lipinski definition) is 3. The van der Waals surface area contributed by atoms with Crippen LogP contribution < -0.4 is 0 Å². The molecule has 102 valence electrons. The van der Waals surface area contributed by atoms with E-state index < -0.39 is 0 Å². The lowest BCUT2D eigenvalue weighted by Crippen LogP contribution is -2.47. The quantitative estimate of drug-likeness (QED) is 0.706. The summed E-state index contributed by atoms with van der Waals surface area (Å²) in [6.07, 6.45) is 6.37. The van der Waals surface area contributed by atoms with Crippen LogP contribution in [0.4, 0.5) is 0 Å². The number of carbonyl (C=O) groups is 1. The van der Waals surface area contributed by atoms with Crippen LogP contribution >= 0.6 is 0 Å². The second-order valence-electron chi connectivity index (χ2n) is 5.94.